The molecule has 0 saturated carbocycles. The maximum atomic E-state index is 12.2. The highest BCUT2D eigenvalue weighted by Gasteiger charge is 2.04. The number of nitrogens with two attached hydrogens (primary N) is 1. The molecule has 0 unspecified atom stereocenters. The molecule has 2 nitrogen and oxygen atoms in total. The topological polar surface area (TPSA) is 35.2 Å². The lowest BCUT2D eigenvalue weighted by Gasteiger charge is -2.08. The average molecular weight is 220 g/mol. The van der Waals surface area contributed by atoms with Crippen LogP contribution in [0.2, 0.25) is 0 Å². The van der Waals surface area contributed by atoms with Crippen LogP contribution in [0.25, 0.3) is 0 Å². The number of hydrogen-bond donors (Lipinski definition) is 1. The number of hydrogen-bond acceptors (Lipinski definition) is 2. The molecule has 0 spiro atoms. The van der Waals surface area contributed by atoms with E-state index in [2.05, 4.69) is 0 Å². The van der Waals surface area contributed by atoms with Gasteiger partial charge in [-0.3, -0.25) is 0 Å². The summed E-state index contributed by atoms with van der Waals surface area (Å²) in [6.45, 7) is 2.02. The van der Waals surface area contributed by atoms with Gasteiger partial charge in [-0.15, -0.1) is 12.4 Å². The molecule has 0 aliphatic rings. The first-order chi connectivity index (χ1) is 6.27. The van der Waals surface area contributed by atoms with E-state index >= 15 is 0 Å². The highest BCUT2D eigenvalue weighted by atomic mass is 35.5. The maximum absolute atomic E-state index is 12.2. The van der Waals surface area contributed by atoms with E-state index in [0.29, 0.717) is 6.61 Å². The van der Waals surface area contributed by atoms with Gasteiger partial charge in [0.2, 0.25) is 0 Å². The van der Waals surface area contributed by atoms with Gasteiger partial charge in [-0.2, -0.15) is 0 Å². The Morgan fingerprint density at radius 3 is 2.36 bits per heavy atom. The zero-order valence-corrected chi connectivity index (χ0v) is 8.89. The van der Waals surface area contributed by atoms with Crippen molar-refractivity contribution in [1.29, 1.82) is 0 Å². The molecule has 4 heteroatoms. The molecule has 0 fully saturated rings. The first-order valence-corrected chi connectivity index (χ1v) is 4.32. The van der Waals surface area contributed by atoms with Crippen LogP contribution >= 0.6 is 12.4 Å². The van der Waals surface area contributed by atoms with Crippen molar-refractivity contribution >= 4 is 12.4 Å². The summed E-state index contributed by atoms with van der Waals surface area (Å²) < 4.78 is 17.4. The molecule has 0 radical (unpaired) electrons. The van der Waals surface area contributed by atoms with Gasteiger partial charge in [0.1, 0.15) is 12.4 Å². The summed E-state index contributed by atoms with van der Waals surface area (Å²) in [5.41, 5.74) is 6.30. The van der Waals surface area contributed by atoms with E-state index in [0.717, 1.165) is 11.3 Å². The second-order valence-corrected chi connectivity index (χ2v) is 2.76. The first-order valence-electron chi connectivity index (χ1n) is 4.32. The van der Waals surface area contributed by atoms with Crippen LogP contribution in [-0.4, -0.2) is 13.3 Å². The Labute approximate surface area is 89.7 Å². The number of rotatable bonds is 4. The van der Waals surface area contributed by atoms with Gasteiger partial charge < -0.3 is 10.5 Å². The van der Waals surface area contributed by atoms with Gasteiger partial charge >= 0.3 is 0 Å². The summed E-state index contributed by atoms with van der Waals surface area (Å²) >= 11 is 0. The van der Waals surface area contributed by atoms with Gasteiger partial charge in [0.05, 0.1) is 12.6 Å². The van der Waals surface area contributed by atoms with Crippen molar-refractivity contribution < 1.29 is 9.13 Å². The molecule has 1 aromatic rings. The third-order valence-corrected chi connectivity index (χ3v) is 1.79. The summed E-state index contributed by atoms with van der Waals surface area (Å²) in [6.07, 6.45) is 0. The molecular formula is C10H15ClFNO. The molecule has 0 saturated heterocycles. The maximum Gasteiger partial charge on any atom is 0.119 e. The second-order valence-electron chi connectivity index (χ2n) is 2.76. The van der Waals surface area contributed by atoms with E-state index in [1.54, 1.807) is 24.3 Å². The van der Waals surface area contributed by atoms with Crippen molar-refractivity contribution in [3.05, 3.63) is 29.8 Å². The minimum absolute atomic E-state index is 0. The fourth-order valence-electron chi connectivity index (χ4n) is 1.07. The molecule has 0 heterocycles. The highest BCUT2D eigenvalue weighted by Crippen LogP contribution is 2.16. The van der Waals surface area contributed by atoms with E-state index in [1.807, 2.05) is 6.92 Å². The van der Waals surface area contributed by atoms with Crippen LogP contribution in [0.4, 0.5) is 4.39 Å². The molecule has 0 amide bonds. The highest BCUT2D eigenvalue weighted by molar-refractivity contribution is 5.85. The minimum Gasteiger partial charge on any atom is -0.494 e. The average Bonchev–Trinajstić information content (AvgIpc) is 2.18. The first kappa shape index (κ1) is 13.2. The van der Waals surface area contributed by atoms with Crippen molar-refractivity contribution in [2.75, 3.05) is 13.3 Å². The second kappa shape index (κ2) is 6.62. The fraction of sp³-hybridized carbons (Fsp3) is 0.400. The van der Waals surface area contributed by atoms with Gasteiger partial charge in [0.15, 0.2) is 0 Å². The van der Waals surface area contributed by atoms with Gasteiger partial charge in [-0.25, -0.2) is 4.39 Å². The summed E-state index contributed by atoms with van der Waals surface area (Å²) in [5, 5.41) is 0. The number of alkyl halides is 1. The monoisotopic (exact) mass is 219 g/mol. The molecular weight excluding hydrogens is 205 g/mol. The van der Waals surface area contributed by atoms with Crippen LogP contribution in [0.1, 0.15) is 18.5 Å². The van der Waals surface area contributed by atoms with Crippen molar-refractivity contribution in [2.24, 2.45) is 5.73 Å². The smallest absolute Gasteiger partial charge is 0.119 e. The minimum atomic E-state index is -0.534. The van der Waals surface area contributed by atoms with Crippen molar-refractivity contribution in [3.8, 4) is 5.75 Å². The zero-order chi connectivity index (χ0) is 9.68. The van der Waals surface area contributed by atoms with Crippen LogP contribution in [0, 0.1) is 0 Å². The van der Waals surface area contributed by atoms with Crippen molar-refractivity contribution in [3.63, 3.8) is 0 Å². The Hall–Kier alpha value is -0.800. The van der Waals surface area contributed by atoms with Gasteiger partial charge in [-0.05, 0) is 24.6 Å². The third kappa shape index (κ3) is 3.52. The standard InChI is InChI=1S/C10H14FNO.ClH/c1-2-13-9-5-3-8(4-6-9)10(12)7-11;/h3-6,10H,2,7,12H2,1H3;1H/t10-;/m0./s1. The Morgan fingerprint density at radius 1 is 1.36 bits per heavy atom. The Balaban J connectivity index is 0.00000169. The van der Waals surface area contributed by atoms with Crippen LogP contribution in [0.5, 0.6) is 5.75 Å². The zero-order valence-electron chi connectivity index (χ0n) is 8.07. The molecule has 1 atom stereocenters. The predicted octanol–water partition coefficient (Wildman–Crippen LogP) is 2.48. The van der Waals surface area contributed by atoms with Crippen LogP contribution in [-0.2, 0) is 0 Å². The summed E-state index contributed by atoms with van der Waals surface area (Å²) in [6, 6.07) is 6.66. The molecule has 0 aliphatic carbocycles. The van der Waals surface area contributed by atoms with E-state index in [4.69, 9.17) is 10.5 Å². The normalized spacial score (nSPS) is 11.6. The van der Waals surface area contributed by atoms with E-state index in [1.165, 1.54) is 0 Å². The summed E-state index contributed by atoms with van der Waals surface area (Å²) in [5.74, 6) is 0.789. The fourth-order valence-corrected chi connectivity index (χ4v) is 1.07. The van der Waals surface area contributed by atoms with Gasteiger partial charge in [0.25, 0.3) is 0 Å². The molecule has 1 aromatic carbocycles. The molecule has 1 rings (SSSR count). The van der Waals surface area contributed by atoms with Crippen molar-refractivity contribution in [2.45, 2.75) is 13.0 Å². The van der Waals surface area contributed by atoms with Gasteiger partial charge in [-0.1, -0.05) is 12.1 Å². The van der Waals surface area contributed by atoms with Crippen LogP contribution in [0.3, 0.4) is 0 Å². The molecule has 2 N–H and O–H groups in total. The van der Waals surface area contributed by atoms with Crippen LogP contribution in [0.15, 0.2) is 24.3 Å². The third-order valence-electron chi connectivity index (χ3n) is 1.79. The SMILES string of the molecule is CCOc1ccc([C@@H](N)CF)cc1.Cl. The quantitative estimate of drug-likeness (QED) is 0.845. The van der Waals surface area contributed by atoms with E-state index in [9.17, 15) is 4.39 Å². The molecule has 80 valence electrons. The largest absolute Gasteiger partial charge is 0.494 e. The number of halogens is 2. The Kier molecular flexibility index (Phi) is 6.25. The lowest BCUT2D eigenvalue weighted by atomic mass is 10.1. The van der Waals surface area contributed by atoms with Gasteiger partial charge in [0, 0.05) is 0 Å². The molecule has 0 aliphatic heterocycles. The molecule has 14 heavy (non-hydrogen) atoms. The Morgan fingerprint density at radius 2 is 1.93 bits per heavy atom. The molecule has 0 bridgehead atoms. The van der Waals surface area contributed by atoms with Crippen LogP contribution < -0.4 is 10.5 Å². The van der Waals surface area contributed by atoms with Crippen molar-refractivity contribution in [1.82, 2.24) is 0 Å². The number of ether oxygens (including phenoxy) is 1. The number of benzene rings is 1. The van der Waals surface area contributed by atoms with E-state index in [-0.39, 0.29) is 12.4 Å². The lowest BCUT2D eigenvalue weighted by molar-refractivity contribution is 0.340. The molecule has 0 aromatic heterocycles. The lowest BCUT2D eigenvalue weighted by Crippen LogP contribution is -2.11. The predicted molar refractivity (Wildman–Crippen MR) is 57.8 cm³/mol. The Bertz CT molecular complexity index is 253. The van der Waals surface area contributed by atoms with E-state index < -0.39 is 12.7 Å². The summed E-state index contributed by atoms with van der Waals surface area (Å²) in [4.78, 5) is 0. The summed E-state index contributed by atoms with van der Waals surface area (Å²) in [7, 11) is 0.